The van der Waals surface area contributed by atoms with Gasteiger partial charge in [-0.25, -0.2) is 0 Å². The topological polar surface area (TPSA) is 0 Å². The van der Waals surface area contributed by atoms with E-state index in [1.54, 1.807) is 0 Å². The lowest BCUT2D eigenvalue weighted by Gasteiger charge is -2.24. The minimum atomic E-state index is 0.670. The molecule has 18 heavy (non-hydrogen) atoms. The molecular weight excluding hydrogens is 284 g/mol. The molecule has 4 atom stereocenters. The van der Waals surface area contributed by atoms with Crippen molar-refractivity contribution < 1.29 is 0 Å². The molecule has 2 aliphatic carbocycles. The van der Waals surface area contributed by atoms with E-state index in [-0.39, 0.29) is 0 Å². The second kappa shape index (κ2) is 5.36. The predicted molar refractivity (Wildman–Crippen MR) is 81.2 cm³/mol. The monoisotopic (exact) mass is 306 g/mol. The van der Waals surface area contributed by atoms with Crippen molar-refractivity contribution in [1.82, 2.24) is 0 Å². The lowest BCUT2D eigenvalue weighted by atomic mass is 9.85. The quantitative estimate of drug-likeness (QED) is 0.677. The molecule has 0 aromatic heterocycles. The highest BCUT2D eigenvalue weighted by atomic mass is 79.9. The maximum atomic E-state index is 3.92. The summed E-state index contributed by atoms with van der Waals surface area (Å²) in [6, 6.07) is 8.96. The molecule has 1 heteroatoms. The molecule has 2 fully saturated rings. The average molecular weight is 307 g/mol. The van der Waals surface area contributed by atoms with Crippen LogP contribution in [0.15, 0.2) is 24.3 Å². The Bertz CT molecular complexity index is 412. The van der Waals surface area contributed by atoms with E-state index >= 15 is 0 Å². The van der Waals surface area contributed by atoms with Crippen LogP contribution >= 0.6 is 15.9 Å². The van der Waals surface area contributed by atoms with Gasteiger partial charge >= 0.3 is 0 Å². The summed E-state index contributed by atoms with van der Waals surface area (Å²) in [7, 11) is 0. The van der Waals surface area contributed by atoms with Gasteiger partial charge in [0.2, 0.25) is 0 Å². The van der Waals surface area contributed by atoms with Gasteiger partial charge in [0.15, 0.2) is 0 Å². The Kier molecular flexibility index (Phi) is 3.79. The molecule has 2 bridgehead atoms. The first kappa shape index (κ1) is 12.7. The van der Waals surface area contributed by atoms with Gasteiger partial charge in [-0.15, -0.1) is 0 Å². The number of alkyl halides is 1. The number of hydrogen-bond acceptors (Lipinski definition) is 0. The van der Waals surface area contributed by atoms with E-state index in [1.165, 1.54) is 49.7 Å². The summed E-state index contributed by atoms with van der Waals surface area (Å²) in [6.07, 6.45) is 8.66. The first-order chi connectivity index (χ1) is 8.70. The third-order valence-corrected chi connectivity index (χ3v) is 5.68. The van der Waals surface area contributed by atoms with Crippen molar-refractivity contribution in [1.29, 1.82) is 0 Å². The van der Waals surface area contributed by atoms with E-state index < -0.39 is 0 Å². The molecular formula is C17H23Br. The molecule has 0 spiro atoms. The molecule has 98 valence electrons. The van der Waals surface area contributed by atoms with Crippen LogP contribution in [0.5, 0.6) is 0 Å². The van der Waals surface area contributed by atoms with Crippen LogP contribution in [0.1, 0.15) is 43.2 Å². The molecule has 0 radical (unpaired) electrons. The van der Waals surface area contributed by atoms with E-state index in [2.05, 4.69) is 47.1 Å². The lowest BCUT2D eigenvalue weighted by molar-refractivity contribution is 0.313. The molecule has 0 amide bonds. The number of rotatable bonds is 4. The Labute approximate surface area is 119 Å². The summed E-state index contributed by atoms with van der Waals surface area (Å²) in [5.41, 5.74) is 2.87. The highest BCUT2D eigenvalue weighted by Crippen LogP contribution is 2.50. The third-order valence-electron chi connectivity index (χ3n) is 4.98. The van der Waals surface area contributed by atoms with Gasteiger partial charge in [0, 0.05) is 4.83 Å². The van der Waals surface area contributed by atoms with Gasteiger partial charge in [-0.05, 0) is 62.3 Å². The van der Waals surface area contributed by atoms with Crippen LogP contribution in [0, 0.1) is 24.7 Å². The Morgan fingerprint density at radius 3 is 2.83 bits per heavy atom. The number of benzene rings is 1. The molecule has 1 aromatic carbocycles. The van der Waals surface area contributed by atoms with Crippen LogP contribution in [0.4, 0.5) is 0 Å². The number of halogens is 1. The highest BCUT2D eigenvalue weighted by molar-refractivity contribution is 9.09. The minimum Gasteiger partial charge on any atom is -0.0887 e. The minimum absolute atomic E-state index is 0.670. The zero-order valence-corrected chi connectivity index (χ0v) is 12.8. The second-order valence-corrected chi connectivity index (χ2v) is 7.76. The Morgan fingerprint density at radius 2 is 2.17 bits per heavy atom. The maximum Gasteiger partial charge on any atom is 0.0188 e. The molecule has 1 aromatic rings. The number of fused-ring (bicyclic) bond motifs is 2. The fraction of sp³-hybridized carbons (Fsp3) is 0.647. The molecule has 2 aliphatic rings. The van der Waals surface area contributed by atoms with Gasteiger partial charge in [0.1, 0.15) is 0 Å². The van der Waals surface area contributed by atoms with Crippen molar-refractivity contribution in [2.24, 2.45) is 17.8 Å². The molecule has 2 saturated carbocycles. The second-order valence-electron chi connectivity index (χ2n) is 6.46. The van der Waals surface area contributed by atoms with E-state index in [4.69, 9.17) is 0 Å². The summed E-state index contributed by atoms with van der Waals surface area (Å²) in [6.45, 7) is 2.18. The molecule has 0 nitrogen and oxygen atoms in total. The van der Waals surface area contributed by atoms with Crippen LogP contribution in [0.3, 0.4) is 0 Å². The smallest absolute Gasteiger partial charge is 0.0188 e. The SMILES string of the molecule is Cc1cccc(CC(Br)CC2CC3CCC2C3)c1. The van der Waals surface area contributed by atoms with E-state index in [1.807, 2.05) is 0 Å². The summed E-state index contributed by atoms with van der Waals surface area (Å²) < 4.78 is 0. The molecule has 3 rings (SSSR count). The van der Waals surface area contributed by atoms with E-state index in [0.717, 1.165) is 17.8 Å². The van der Waals surface area contributed by atoms with Crippen molar-refractivity contribution in [2.45, 2.75) is 50.3 Å². The number of aryl methyl sites for hydroxylation is 1. The third kappa shape index (κ3) is 2.82. The normalized spacial score (nSPS) is 31.8. The predicted octanol–water partition coefficient (Wildman–Crippen LogP) is 5.13. The Hall–Kier alpha value is -0.300. The van der Waals surface area contributed by atoms with Crippen molar-refractivity contribution in [2.75, 3.05) is 0 Å². The van der Waals surface area contributed by atoms with Gasteiger partial charge in [-0.1, -0.05) is 52.2 Å². The Balaban J connectivity index is 1.54. The van der Waals surface area contributed by atoms with Gasteiger partial charge < -0.3 is 0 Å². The largest absolute Gasteiger partial charge is 0.0887 e. The summed E-state index contributed by atoms with van der Waals surface area (Å²) in [5.74, 6) is 3.16. The summed E-state index contributed by atoms with van der Waals surface area (Å²) >= 11 is 3.92. The van der Waals surface area contributed by atoms with Gasteiger partial charge in [-0.2, -0.15) is 0 Å². The Morgan fingerprint density at radius 1 is 1.28 bits per heavy atom. The lowest BCUT2D eigenvalue weighted by Crippen LogP contribution is -2.16. The maximum absolute atomic E-state index is 3.92. The van der Waals surface area contributed by atoms with Crippen molar-refractivity contribution in [3.63, 3.8) is 0 Å². The van der Waals surface area contributed by atoms with Crippen LogP contribution in [0.25, 0.3) is 0 Å². The molecule has 0 aliphatic heterocycles. The number of hydrogen-bond donors (Lipinski definition) is 0. The van der Waals surface area contributed by atoms with Crippen LogP contribution in [0.2, 0.25) is 0 Å². The van der Waals surface area contributed by atoms with Crippen LogP contribution < -0.4 is 0 Å². The van der Waals surface area contributed by atoms with Crippen molar-refractivity contribution >= 4 is 15.9 Å². The standard InChI is InChI=1S/C17H23Br/c1-12-3-2-4-13(7-12)10-17(18)11-16-9-14-5-6-15(16)8-14/h2-4,7,14-17H,5-6,8-11H2,1H3. The molecule has 0 N–H and O–H groups in total. The van der Waals surface area contributed by atoms with Gasteiger partial charge in [0.05, 0.1) is 0 Å². The van der Waals surface area contributed by atoms with E-state index in [0.29, 0.717) is 4.83 Å². The summed E-state index contributed by atoms with van der Waals surface area (Å²) in [4.78, 5) is 0.670. The zero-order chi connectivity index (χ0) is 12.5. The molecule has 0 saturated heterocycles. The average Bonchev–Trinajstić information content (AvgIpc) is 2.90. The molecule has 0 heterocycles. The first-order valence-corrected chi connectivity index (χ1v) is 8.32. The van der Waals surface area contributed by atoms with Crippen molar-refractivity contribution in [3.8, 4) is 0 Å². The fourth-order valence-corrected chi connectivity index (χ4v) is 5.03. The van der Waals surface area contributed by atoms with Gasteiger partial charge in [0.25, 0.3) is 0 Å². The van der Waals surface area contributed by atoms with Crippen LogP contribution in [-0.4, -0.2) is 4.83 Å². The first-order valence-electron chi connectivity index (χ1n) is 7.40. The highest BCUT2D eigenvalue weighted by Gasteiger charge is 2.39. The molecule has 4 unspecified atom stereocenters. The van der Waals surface area contributed by atoms with E-state index in [9.17, 15) is 0 Å². The zero-order valence-electron chi connectivity index (χ0n) is 11.2. The van der Waals surface area contributed by atoms with Crippen molar-refractivity contribution in [3.05, 3.63) is 35.4 Å². The van der Waals surface area contributed by atoms with Crippen LogP contribution in [-0.2, 0) is 6.42 Å². The fourth-order valence-electron chi connectivity index (χ4n) is 4.17. The van der Waals surface area contributed by atoms with Gasteiger partial charge in [-0.3, -0.25) is 0 Å². The summed E-state index contributed by atoms with van der Waals surface area (Å²) in [5, 5.41) is 0.